The van der Waals surface area contributed by atoms with E-state index in [0.29, 0.717) is 12.3 Å². The maximum Gasteiger partial charge on any atom is 0.262 e. The van der Waals surface area contributed by atoms with Gasteiger partial charge in [-0.05, 0) is 61.5 Å². The van der Waals surface area contributed by atoms with Crippen molar-refractivity contribution in [3.63, 3.8) is 0 Å². The van der Waals surface area contributed by atoms with Crippen molar-refractivity contribution in [3.05, 3.63) is 82.3 Å². The molecule has 0 aromatic heterocycles. The van der Waals surface area contributed by atoms with Crippen LogP contribution in [0.2, 0.25) is 0 Å². The number of halogens is 1. The molecule has 4 rings (SSSR count). The van der Waals surface area contributed by atoms with Crippen LogP contribution >= 0.6 is 15.9 Å². The predicted octanol–water partition coefficient (Wildman–Crippen LogP) is 5.22. The number of amides is 1. The third kappa shape index (κ3) is 6.73. The number of nitrogens with zero attached hydrogens (tertiary/aromatic N) is 1. The van der Waals surface area contributed by atoms with Crippen molar-refractivity contribution in [1.82, 2.24) is 0 Å². The SMILES string of the molecule is Cc1ccc(NC(=O)COc2ccc(Br)cc2CNc2ccc(N3CCOCC3)cc2)cc1. The lowest BCUT2D eigenvalue weighted by Crippen LogP contribution is -2.36. The summed E-state index contributed by atoms with van der Waals surface area (Å²) in [6, 6.07) is 21.9. The number of rotatable bonds is 8. The molecule has 0 bridgehead atoms. The Bertz CT molecular complexity index is 1070. The van der Waals surface area contributed by atoms with E-state index in [-0.39, 0.29) is 12.5 Å². The molecule has 1 fully saturated rings. The van der Waals surface area contributed by atoms with E-state index in [0.717, 1.165) is 53.3 Å². The van der Waals surface area contributed by atoms with E-state index in [1.807, 2.05) is 49.4 Å². The fraction of sp³-hybridized carbons (Fsp3) is 0.269. The van der Waals surface area contributed by atoms with Crippen LogP contribution in [0.4, 0.5) is 17.1 Å². The summed E-state index contributed by atoms with van der Waals surface area (Å²) in [5.74, 6) is 0.481. The van der Waals surface area contributed by atoms with Gasteiger partial charge in [-0.1, -0.05) is 33.6 Å². The number of hydrogen-bond acceptors (Lipinski definition) is 5. The Morgan fingerprint density at radius 1 is 1.00 bits per heavy atom. The Hall–Kier alpha value is -3.03. The van der Waals surface area contributed by atoms with Gasteiger partial charge in [0.25, 0.3) is 5.91 Å². The van der Waals surface area contributed by atoms with Crippen LogP contribution in [0, 0.1) is 6.92 Å². The average molecular weight is 510 g/mol. The first-order valence-corrected chi connectivity index (χ1v) is 11.8. The highest BCUT2D eigenvalue weighted by Crippen LogP contribution is 2.25. The summed E-state index contributed by atoms with van der Waals surface area (Å²) >= 11 is 3.53. The molecule has 1 aliphatic heterocycles. The second-order valence-electron chi connectivity index (χ2n) is 7.95. The quantitative estimate of drug-likeness (QED) is 0.435. The van der Waals surface area contributed by atoms with Gasteiger partial charge in [-0.2, -0.15) is 0 Å². The van der Waals surface area contributed by atoms with Gasteiger partial charge in [0.2, 0.25) is 0 Å². The van der Waals surface area contributed by atoms with Gasteiger partial charge < -0.3 is 25.0 Å². The largest absolute Gasteiger partial charge is 0.483 e. The topological polar surface area (TPSA) is 62.8 Å². The van der Waals surface area contributed by atoms with Gasteiger partial charge in [-0.3, -0.25) is 4.79 Å². The number of nitrogens with one attached hydrogen (secondary N) is 2. The number of aryl methyl sites for hydroxylation is 1. The zero-order valence-electron chi connectivity index (χ0n) is 18.6. The Balaban J connectivity index is 1.33. The minimum atomic E-state index is -0.195. The number of carbonyl (C=O) groups excluding carboxylic acids is 1. The van der Waals surface area contributed by atoms with Crippen LogP contribution < -0.4 is 20.3 Å². The first kappa shape index (κ1) is 23.1. The average Bonchev–Trinajstić information content (AvgIpc) is 2.84. The summed E-state index contributed by atoms with van der Waals surface area (Å²) in [5.41, 5.74) is 5.09. The van der Waals surface area contributed by atoms with E-state index < -0.39 is 0 Å². The van der Waals surface area contributed by atoms with Crippen molar-refractivity contribution < 1.29 is 14.3 Å². The molecule has 1 aliphatic rings. The van der Waals surface area contributed by atoms with E-state index in [4.69, 9.17) is 9.47 Å². The standard InChI is InChI=1S/C26H28BrN3O3/c1-19-2-5-23(6-3-19)29-26(31)18-33-25-11-4-21(27)16-20(25)17-28-22-7-9-24(10-8-22)30-12-14-32-15-13-30/h2-11,16,28H,12-15,17-18H2,1H3,(H,29,31). The van der Waals surface area contributed by atoms with E-state index >= 15 is 0 Å². The molecule has 0 spiro atoms. The fourth-order valence-electron chi connectivity index (χ4n) is 3.61. The van der Waals surface area contributed by atoms with Crippen LogP contribution in [0.3, 0.4) is 0 Å². The van der Waals surface area contributed by atoms with E-state index in [1.165, 1.54) is 5.69 Å². The summed E-state index contributed by atoms with van der Waals surface area (Å²) in [6.45, 7) is 5.91. The van der Waals surface area contributed by atoms with Gasteiger partial charge in [0, 0.05) is 46.7 Å². The lowest BCUT2D eigenvalue weighted by atomic mass is 10.2. The number of morpholine rings is 1. The number of anilines is 3. The Morgan fingerprint density at radius 2 is 1.70 bits per heavy atom. The summed E-state index contributed by atoms with van der Waals surface area (Å²) < 4.78 is 12.2. The summed E-state index contributed by atoms with van der Waals surface area (Å²) in [6.07, 6.45) is 0. The van der Waals surface area contributed by atoms with Crippen LogP contribution in [-0.2, 0) is 16.1 Å². The zero-order valence-corrected chi connectivity index (χ0v) is 20.2. The molecule has 1 saturated heterocycles. The van der Waals surface area contributed by atoms with E-state index in [9.17, 15) is 4.79 Å². The molecule has 33 heavy (non-hydrogen) atoms. The molecule has 3 aromatic carbocycles. The molecule has 172 valence electrons. The van der Waals surface area contributed by atoms with Crippen LogP contribution in [0.25, 0.3) is 0 Å². The van der Waals surface area contributed by atoms with Gasteiger partial charge in [-0.15, -0.1) is 0 Å². The second kappa shape index (κ2) is 11.2. The normalized spacial score (nSPS) is 13.5. The Kier molecular flexibility index (Phi) is 7.86. The number of ether oxygens (including phenoxy) is 2. The fourth-order valence-corrected chi connectivity index (χ4v) is 4.02. The number of hydrogen-bond donors (Lipinski definition) is 2. The van der Waals surface area contributed by atoms with Crippen molar-refractivity contribution >= 4 is 38.9 Å². The second-order valence-corrected chi connectivity index (χ2v) is 8.87. The van der Waals surface area contributed by atoms with Gasteiger partial charge in [0.15, 0.2) is 6.61 Å². The predicted molar refractivity (Wildman–Crippen MR) is 136 cm³/mol. The van der Waals surface area contributed by atoms with Gasteiger partial charge >= 0.3 is 0 Å². The summed E-state index contributed by atoms with van der Waals surface area (Å²) in [4.78, 5) is 14.6. The molecule has 0 unspecified atom stereocenters. The maximum absolute atomic E-state index is 12.3. The molecular formula is C26H28BrN3O3. The van der Waals surface area contributed by atoms with Gasteiger partial charge in [0.1, 0.15) is 5.75 Å². The smallest absolute Gasteiger partial charge is 0.262 e. The van der Waals surface area contributed by atoms with Crippen LogP contribution in [0.1, 0.15) is 11.1 Å². The minimum Gasteiger partial charge on any atom is -0.483 e. The summed E-state index contributed by atoms with van der Waals surface area (Å²) in [7, 11) is 0. The third-order valence-electron chi connectivity index (χ3n) is 5.44. The van der Waals surface area contributed by atoms with E-state index in [1.54, 1.807) is 0 Å². The molecule has 0 atom stereocenters. The monoisotopic (exact) mass is 509 g/mol. The molecular weight excluding hydrogens is 482 g/mol. The first-order valence-electron chi connectivity index (χ1n) is 11.0. The Labute approximate surface area is 203 Å². The molecule has 1 amide bonds. The van der Waals surface area contributed by atoms with Crippen LogP contribution in [-0.4, -0.2) is 38.8 Å². The number of benzene rings is 3. The van der Waals surface area contributed by atoms with Crippen LogP contribution in [0.5, 0.6) is 5.75 Å². The molecule has 0 aliphatic carbocycles. The molecule has 0 radical (unpaired) electrons. The molecule has 3 aromatic rings. The molecule has 2 N–H and O–H groups in total. The van der Waals surface area contributed by atoms with E-state index in [2.05, 4.69) is 55.7 Å². The summed E-state index contributed by atoms with van der Waals surface area (Å²) in [5, 5.41) is 6.31. The van der Waals surface area contributed by atoms with Crippen molar-refractivity contribution in [2.24, 2.45) is 0 Å². The van der Waals surface area contributed by atoms with Gasteiger partial charge in [0.05, 0.1) is 13.2 Å². The first-order chi connectivity index (χ1) is 16.1. The highest BCUT2D eigenvalue weighted by atomic mass is 79.9. The van der Waals surface area contributed by atoms with Crippen molar-refractivity contribution in [2.45, 2.75) is 13.5 Å². The van der Waals surface area contributed by atoms with Crippen molar-refractivity contribution in [1.29, 1.82) is 0 Å². The molecule has 1 heterocycles. The van der Waals surface area contributed by atoms with Crippen molar-refractivity contribution in [3.8, 4) is 5.75 Å². The highest BCUT2D eigenvalue weighted by molar-refractivity contribution is 9.10. The lowest BCUT2D eigenvalue weighted by molar-refractivity contribution is -0.118. The minimum absolute atomic E-state index is 0.0588. The van der Waals surface area contributed by atoms with Crippen molar-refractivity contribution in [2.75, 3.05) is 48.4 Å². The van der Waals surface area contributed by atoms with Gasteiger partial charge in [-0.25, -0.2) is 0 Å². The molecule has 7 heteroatoms. The Morgan fingerprint density at radius 3 is 2.42 bits per heavy atom. The highest BCUT2D eigenvalue weighted by Gasteiger charge is 2.12. The van der Waals surface area contributed by atoms with Crippen LogP contribution in [0.15, 0.2) is 71.2 Å². The maximum atomic E-state index is 12.3. The number of carbonyl (C=O) groups is 1. The zero-order chi connectivity index (χ0) is 23.0. The third-order valence-corrected chi connectivity index (χ3v) is 5.94. The lowest BCUT2D eigenvalue weighted by Gasteiger charge is -2.29. The molecule has 6 nitrogen and oxygen atoms in total. The molecule has 0 saturated carbocycles.